The van der Waals surface area contributed by atoms with Gasteiger partial charge in [-0.25, -0.2) is 18.0 Å². The number of carbonyl (C=O) groups is 2. The highest BCUT2D eigenvalue weighted by Gasteiger charge is 2.47. The number of H-pyrrole nitrogens is 1. The molecule has 11 nitrogen and oxygen atoms in total. The van der Waals surface area contributed by atoms with Gasteiger partial charge in [0, 0.05) is 36.8 Å². The highest BCUT2D eigenvalue weighted by molar-refractivity contribution is 7.89. The van der Waals surface area contributed by atoms with Crippen molar-refractivity contribution < 1.29 is 27.2 Å². The number of likely N-dealkylation sites (tertiary alicyclic amines) is 1. The highest BCUT2D eigenvalue weighted by Crippen LogP contribution is 2.39. The summed E-state index contributed by atoms with van der Waals surface area (Å²) in [6, 6.07) is 13.9. The van der Waals surface area contributed by atoms with Crippen LogP contribution in [0.4, 0.5) is 4.79 Å². The van der Waals surface area contributed by atoms with Gasteiger partial charge in [0.05, 0.1) is 11.3 Å². The first-order valence-corrected chi connectivity index (χ1v) is 15.8. The zero-order chi connectivity index (χ0) is 28.6. The van der Waals surface area contributed by atoms with Crippen LogP contribution in [0.15, 0.2) is 57.7 Å². The van der Waals surface area contributed by atoms with Gasteiger partial charge in [0.15, 0.2) is 5.58 Å². The van der Waals surface area contributed by atoms with E-state index in [1.165, 1.54) is 6.07 Å². The molecule has 3 aromatic rings. The van der Waals surface area contributed by atoms with Crippen LogP contribution < -0.4 is 11.1 Å². The number of nitrogens with one attached hydrogen (secondary N) is 2. The number of carbonyl (C=O) groups excluding carboxylic acids is 2. The minimum absolute atomic E-state index is 0.0154. The second kappa shape index (κ2) is 11.3. The summed E-state index contributed by atoms with van der Waals surface area (Å²) in [5.41, 5.74) is 2.15. The lowest BCUT2D eigenvalue weighted by Gasteiger charge is -2.39. The van der Waals surface area contributed by atoms with Crippen LogP contribution in [0.2, 0.25) is 0 Å². The van der Waals surface area contributed by atoms with Crippen LogP contribution in [0.3, 0.4) is 0 Å². The van der Waals surface area contributed by atoms with E-state index in [2.05, 4.69) is 10.3 Å². The number of hydrogen-bond donors (Lipinski definition) is 2. The Balaban J connectivity index is 0.999. The molecule has 41 heavy (non-hydrogen) atoms. The van der Waals surface area contributed by atoms with E-state index < -0.39 is 15.8 Å². The van der Waals surface area contributed by atoms with Crippen LogP contribution in [-0.2, 0) is 21.4 Å². The molecular formula is C29H34N4O7S. The molecule has 3 aliphatic rings. The van der Waals surface area contributed by atoms with Crippen molar-refractivity contribution in [3.05, 3.63) is 70.2 Å². The van der Waals surface area contributed by atoms with Gasteiger partial charge in [0.1, 0.15) is 6.61 Å². The number of aromatic nitrogens is 1. The Labute approximate surface area is 237 Å². The lowest BCUT2D eigenvalue weighted by Crippen LogP contribution is -2.53. The van der Waals surface area contributed by atoms with Gasteiger partial charge in [-0.1, -0.05) is 30.3 Å². The highest BCUT2D eigenvalue weighted by atomic mass is 32.2. The fraction of sp³-hybridized carbons (Fsp3) is 0.483. The molecule has 0 spiro atoms. The van der Waals surface area contributed by atoms with Gasteiger partial charge in [0.2, 0.25) is 10.0 Å². The maximum absolute atomic E-state index is 13.6. The van der Waals surface area contributed by atoms with Crippen molar-refractivity contribution in [1.82, 2.24) is 19.5 Å². The van der Waals surface area contributed by atoms with Gasteiger partial charge in [0.25, 0.3) is 5.91 Å². The molecule has 12 heteroatoms. The van der Waals surface area contributed by atoms with Crippen LogP contribution in [0.1, 0.15) is 54.4 Å². The number of ether oxygens (including phenoxy) is 1. The van der Waals surface area contributed by atoms with E-state index in [0.717, 1.165) is 18.4 Å². The maximum Gasteiger partial charge on any atom is 0.417 e. The minimum atomic E-state index is -3.49. The first-order chi connectivity index (χ1) is 19.7. The first-order valence-electron chi connectivity index (χ1n) is 14.2. The van der Waals surface area contributed by atoms with Crippen LogP contribution in [0.5, 0.6) is 0 Å². The third-order valence-electron chi connectivity index (χ3n) is 8.53. The number of oxazole rings is 1. The number of hydrogen-bond acceptors (Lipinski definition) is 7. The molecule has 1 aromatic heterocycles. The molecule has 218 valence electrons. The average molecular weight is 583 g/mol. The van der Waals surface area contributed by atoms with Crippen molar-refractivity contribution in [1.29, 1.82) is 0 Å². The molecule has 3 saturated heterocycles. The Bertz CT molecular complexity index is 1560. The van der Waals surface area contributed by atoms with Crippen molar-refractivity contribution in [3.63, 3.8) is 0 Å². The third-order valence-corrected chi connectivity index (χ3v) is 10.7. The van der Waals surface area contributed by atoms with Crippen LogP contribution in [0, 0.1) is 5.92 Å². The summed E-state index contributed by atoms with van der Waals surface area (Å²) >= 11 is 0. The standard InChI is InChI=1S/C29H34N4O7S/c34-27(21-6-9-25-26(14-21)40-28(35)31-25)30-22-15-23-7-8-24(16-22)33(23)41(37,38)18-20-10-12-32(13-11-20)29(36)39-17-19-4-2-1-3-5-19/h1-6,9,14,20,22-24H,7-8,10-13,15-18H2,(H,30,34)(H,31,35)/t22-,23-,24+. The SMILES string of the molecule is O=C(N[C@@H]1C[C@H]2CC[C@@H](C1)N2S(=O)(=O)CC1CCN(C(=O)OCc2ccccc2)CC1)c1ccc2[nH]c(=O)oc2c1. The number of rotatable bonds is 7. The summed E-state index contributed by atoms with van der Waals surface area (Å²) in [6.45, 7) is 1.17. The molecule has 2 N–H and O–H groups in total. The normalized spacial score (nSPS) is 23.5. The predicted octanol–water partition coefficient (Wildman–Crippen LogP) is 3.22. The maximum atomic E-state index is 13.6. The zero-order valence-electron chi connectivity index (χ0n) is 22.7. The van der Waals surface area contributed by atoms with Crippen LogP contribution >= 0.6 is 0 Å². The number of nitrogens with zero attached hydrogens (tertiary/aromatic N) is 2. The molecule has 2 bridgehead atoms. The second-order valence-electron chi connectivity index (χ2n) is 11.3. The Hall–Kier alpha value is -3.64. The quantitative estimate of drug-likeness (QED) is 0.436. The fourth-order valence-electron chi connectivity index (χ4n) is 6.54. The summed E-state index contributed by atoms with van der Waals surface area (Å²) in [5.74, 6) is -0.787. The Morgan fingerprint density at radius 3 is 2.41 bits per heavy atom. The van der Waals surface area contributed by atoms with Crippen molar-refractivity contribution in [2.24, 2.45) is 5.92 Å². The molecule has 2 aromatic carbocycles. The smallest absolute Gasteiger partial charge is 0.417 e. The number of piperidine rings is 2. The number of amides is 2. The number of fused-ring (bicyclic) bond motifs is 3. The summed E-state index contributed by atoms with van der Waals surface area (Å²) in [7, 11) is -3.49. The molecule has 4 heterocycles. The van der Waals surface area contributed by atoms with Crippen molar-refractivity contribution in [3.8, 4) is 0 Å². The lowest BCUT2D eigenvalue weighted by atomic mass is 9.99. The van der Waals surface area contributed by atoms with Crippen LogP contribution in [0.25, 0.3) is 11.1 Å². The van der Waals surface area contributed by atoms with Gasteiger partial charge in [-0.05, 0) is 68.2 Å². The van der Waals surface area contributed by atoms with Crippen LogP contribution in [-0.4, -0.2) is 71.6 Å². The molecule has 0 saturated carbocycles. The van der Waals surface area contributed by atoms with Crippen molar-refractivity contribution in [2.75, 3.05) is 18.8 Å². The summed E-state index contributed by atoms with van der Waals surface area (Å²) < 4.78 is 39.3. The monoisotopic (exact) mass is 582 g/mol. The van der Waals surface area contributed by atoms with Crippen molar-refractivity contribution in [2.45, 2.75) is 63.3 Å². The summed E-state index contributed by atoms with van der Waals surface area (Å²) in [5, 5.41) is 3.06. The number of sulfonamides is 1. The molecule has 0 radical (unpaired) electrons. The molecule has 3 atom stereocenters. The molecular weight excluding hydrogens is 548 g/mol. The number of benzene rings is 2. The molecule has 0 aliphatic carbocycles. The average Bonchev–Trinajstić information content (AvgIpc) is 3.48. The van der Waals surface area contributed by atoms with Gasteiger partial charge in [-0.3, -0.25) is 9.78 Å². The molecule has 0 unspecified atom stereocenters. The predicted molar refractivity (Wildman–Crippen MR) is 151 cm³/mol. The van der Waals surface area contributed by atoms with E-state index in [-0.39, 0.29) is 48.4 Å². The van der Waals surface area contributed by atoms with E-state index in [0.29, 0.717) is 55.4 Å². The van der Waals surface area contributed by atoms with E-state index >= 15 is 0 Å². The fourth-order valence-corrected chi connectivity index (χ4v) is 8.93. The van der Waals surface area contributed by atoms with Gasteiger partial charge < -0.3 is 19.4 Å². The molecule has 3 fully saturated rings. The van der Waals surface area contributed by atoms with E-state index in [4.69, 9.17) is 9.15 Å². The van der Waals surface area contributed by atoms with E-state index in [1.807, 2.05) is 30.3 Å². The Morgan fingerprint density at radius 1 is 1.00 bits per heavy atom. The first kappa shape index (κ1) is 27.5. The zero-order valence-corrected chi connectivity index (χ0v) is 23.5. The van der Waals surface area contributed by atoms with E-state index in [9.17, 15) is 22.8 Å². The van der Waals surface area contributed by atoms with E-state index in [1.54, 1.807) is 21.3 Å². The molecule has 3 aliphatic heterocycles. The molecule has 6 rings (SSSR count). The minimum Gasteiger partial charge on any atom is -0.445 e. The largest absolute Gasteiger partial charge is 0.445 e. The second-order valence-corrected chi connectivity index (χ2v) is 13.3. The summed E-state index contributed by atoms with van der Waals surface area (Å²) in [4.78, 5) is 41.0. The van der Waals surface area contributed by atoms with Crippen molar-refractivity contribution >= 4 is 33.1 Å². The lowest BCUT2D eigenvalue weighted by molar-refractivity contribution is 0.0838. The third kappa shape index (κ3) is 6.03. The molecule has 2 amide bonds. The van der Waals surface area contributed by atoms with Gasteiger partial charge >= 0.3 is 11.8 Å². The Morgan fingerprint density at radius 2 is 1.71 bits per heavy atom. The van der Waals surface area contributed by atoms with Gasteiger partial charge in [-0.15, -0.1) is 0 Å². The Kier molecular flexibility index (Phi) is 7.60. The topological polar surface area (TPSA) is 142 Å². The van der Waals surface area contributed by atoms with Gasteiger partial charge in [-0.2, -0.15) is 4.31 Å². The number of aromatic amines is 1. The summed E-state index contributed by atoms with van der Waals surface area (Å²) in [6.07, 6.45) is 3.56.